The number of carbonyl (C=O) groups is 2. The van der Waals surface area contributed by atoms with E-state index in [1.54, 1.807) is 18.2 Å². The van der Waals surface area contributed by atoms with Crippen LogP contribution in [-0.4, -0.2) is 131 Å². The summed E-state index contributed by atoms with van der Waals surface area (Å²) in [5, 5.41) is 26.8. The maximum absolute atomic E-state index is 15.4. The number of phosphoric ester groups is 1. The maximum atomic E-state index is 15.4. The molecule has 2 saturated heterocycles. The molecule has 5 aliphatic carbocycles. The number of aryl methyl sites for hydroxylation is 1. The standard InChI is InChI=1S/C58H84N3O11P/c1-56-26-25-46(62)35-45(56)23-24-47-48-36-53-58(57(48,2)37-49(63)54(47)56,71-55(70-53)42-19-10-7-11-20-42)52(65)39-60-28-30-61(3,31-29-60)40-44-22-21-43(34-51(44)72-73(66,67)68)50(64)38-59-27-13-4-5-14-32-69-33-15-12-18-41-16-8-6-9-17-41/h6,8-9,16-17,21-22,25-26,34-35,42,47-50,53-55,59,63-64H,4-5,7,10-15,18-20,23-24,27-33,36-40H2,1-3H3,(H-,66,67,68)/p+1/t47-,48-,49-,50?,53+,54+,55+,56-,57-,58+/m0/s1. The highest BCUT2D eigenvalue weighted by molar-refractivity contribution is 7.46. The number of piperazine rings is 1. The van der Waals surface area contributed by atoms with Gasteiger partial charge in [-0.25, -0.2) is 4.57 Å². The van der Waals surface area contributed by atoms with Crippen LogP contribution >= 0.6 is 7.82 Å². The number of nitrogens with one attached hydrogen (secondary N) is 1. The first-order valence-electron chi connectivity index (χ1n) is 27.9. The third kappa shape index (κ3) is 12.1. The van der Waals surface area contributed by atoms with Gasteiger partial charge in [-0.1, -0.05) is 94.0 Å². The minimum atomic E-state index is -4.92. The first-order chi connectivity index (χ1) is 35.0. The third-order valence-electron chi connectivity index (χ3n) is 18.8. The number of quaternary nitrogens is 1. The minimum absolute atomic E-state index is 0.0107. The van der Waals surface area contributed by atoms with Crippen LogP contribution in [0.5, 0.6) is 5.75 Å². The van der Waals surface area contributed by atoms with Crippen LogP contribution in [0.1, 0.15) is 133 Å². The van der Waals surface area contributed by atoms with Crippen molar-refractivity contribution in [3.8, 4) is 5.75 Å². The number of phosphoric acid groups is 1. The average Bonchev–Trinajstić information content (AvgIpc) is 3.87. The Labute approximate surface area is 434 Å². The number of carbonyl (C=O) groups excluding carboxylic acids is 2. The highest BCUT2D eigenvalue weighted by atomic mass is 31.2. The topological polar surface area (TPSA) is 184 Å². The molecule has 7 aliphatic rings. The molecule has 1 unspecified atom stereocenters. The molecule has 10 atom stereocenters. The van der Waals surface area contributed by atoms with Gasteiger partial charge in [0, 0.05) is 61.1 Å². The Morgan fingerprint density at radius 1 is 0.973 bits per heavy atom. The van der Waals surface area contributed by atoms with Gasteiger partial charge in [0.1, 0.15) is 12.3 Å². The monoisotopic (exact) mass is 1030 g/mol. The Kier molecular flexibility index (Phi) is 17.4. The van der Waals surface area contributed by atoms with Crippen molar-refractivity contribution in [3.05, 3.63) is 89.0 Å². The van der Waals surface area contributed by atoms with Crippen molar-refractivity contribution in [2.24, 2.45) is 34.5 Å². The number of hydrogen-bond donors (Lipinski definition) is 5. The second kappa shape index (κ2) is 23.2. The summed E-state index contributed by atoms with van der Waals surface area (Å²) < 4.78 is 38.2. The number of likely N-dealkylation sites (N-methyl/N-ethyl adjacent to an activating group) is 1. The quantitative estimate of drug-likeness (QED) is 0.0409. The first kappa shape index (κ1) is 54.7. The second-order valence-corrected chi connectivity index (χ2v) is 24.9. The molecule has 9 rings (SSSR count). The number of fused-ring (bicyclic) bond motifs is 7. The molecule has 73 heavy (non-hydrogen) atoms. The molecule has 2 aliphatic heterocycles. The highest BCUT2D eigenvalue weighted by Gasteiger charge is 2.76. The van der Waals surface area contributed by atoms with Crippen molar-refractivity contribution in [2.75, 3.05) is 66.1 Å². The fourth-order valence-electron chi connectivity index (χ4n) is 14.8. The number of hydrogen-bond acceptors (Lipinski definition) is 11. The molecule has 14 nitrogen and oxygen atoms in total. The minimum Gasteiger partial charge on any atom is -0.404 e. The van der Waals surface area contributed by atoms with Crippen LogP contribution in [-0.2, 0) is 41.3 Å². The fraction of sp³-hybridized carbons (Fsp3) is 0.690. The van der Waals surface area contributed by atoms with Gasteiger partial charge in [-0.3, -0.25) is 24.3 Å². The molecule has 6 fully saturated rings. The fourth-order valence-corrected chi connectivity index (χ4v) is 15.2. The molecule has 2 heterocycles. The molecule has 2 aromatic carbocycles. The summed E-state index contributed by atoms with van der Waals surface area (Å²) in [6.07, 6.45) is 18.7. The van der Waals surface area contributed by atoms with Gasteiger partial charge >= 0.3 is 7.82 Å². The van der Waals surface area contributed by atoms with Crippen molar-refractivity contribution >= 4 is 19.4 Å². The van der Waals surface area contributed by atoms with Gasteiger partial charge in [0.05, 0.1) is 45.0 Å². The van der Waals surface area contributed by atoms with Crippen molar-refractivity contribution in [3.63, 3.8) is 0 Å². The van der Waals surface area contributed by atoms with Crippen LogP contribution in [0.2, 0.25) is 0 Å². The van der Waals surface area contributed by atoms with Crippen LogP contribution < -0.4 is 9.84 Å². The van der Waals surface area contributed by atoms with Crippen molar-refractivity contribution < 1.29 is 57.4 Å². The summed E-state index contributed by atoms with van der Waals surface area (Å²) in [4.78, 5) is 50.0. The highest BCUT2D eigenvalue weighted by Crippen LogP contribution is 2.70. The van der Waals surface area contributed by atoms with E-state index < -0.39 is 48.9 Å². The lowest BCUT2D eigenvalue weighted by Crippen LogP contribution is -2.65. The van der Waals surface area contributed by atoms with Gasteiger partial charge in [0.15, 0.2) is 23.5 Å². The lowest BCUT2D eigenvalue weighted by atomic mass is 9.46. The molecule has 0 bridgehead atoms. The van der Waals surface area contributed by atoms with E-state index in [-0.39, 0.29) is 47.5 Å². The summed E-state index contributed by atoms with van der Waals surface area (Å²) in [6.45, 7) is 10.3. The molecule has 15 heteroatoms. The smallest absolute Gasteiger partial charge is 0.404 e. The number of Topliss-reactive ketones (excluding diaryl/α,β-unsaturated/α-hetero) is 1. The van der Waals surface area contributed by atoms with Gasteiger partial charge in [-0.05, 0) is 124 Å². The van der Waals surface area contributed by atoms with Gasteiger partial charge < -0.3 is 38.7 Å². The maximum Gasteiger partial charge on any atom is 0.524 e. The number of allylic oxidation sites excluding steroid dienone is 4. The van der Waals surface area contributed by atoms with E-state index in [0.717, 1.165) is 109 Å². The second-order valence-electron chi connectivity index (χ2n) is 23.8. The largest absolute Gasteiger partial charge is 0.524 e. The SMILES string of the molecule is C[C@]12C=CC(=O)C=C1CC[C@@H]1[C@@H]2[C@@H](O)C[C@@]2(C)[C@H]1C[C@H]1O[C@@H](C3CCCCC3)O[C@]12C(=O)CN1CC[N+](C)(Cc2ccc(C(O)CNCCCCCCOCCCCc3ccccc3)cc2OP(=O)(O)O)CC1. The lowest BCUT2D eigenvalue weighted by Gasteiger charge is -2.60. The zero-order valence-corrected chi connectivity index (χ0v) is 44.7. The molecule has 4 saturated carbocycles. The summed E-state index contributed by atoms with van der Waals surface area (Å²) in [5.74, 6) is 0.540. The summed E-state index contributed by atoms with van der Waals surface area (Å²) in [5.41, 5.74) is 1.38. The van der Waals surface area contributed by atoms with E-state index in [0.29, 0.717) is 67.7 Å². The predicted octanol–water partition coefficient (Wildman–Crippen LogP) is 8.16. The molecule has 0 aromatic heterocycles. The van der Waals surface area contributed by atoms with Crippen LogP contribution in [0.25, 0.3) is 0 Å². The van der Waals surface area contributed by atoms with E-state index in [1.807, 2.05) is 24.3 Å². The zero-order chi connectivity index (χ0) is 51.4. The molecule has 0 amide bonds. The van der Waals surface area contributed by atoms with Crippen LogP contribution in [0.3, 0.4) is 0 Å². The average molecular weight is 1030 g/mol. The summed E-state index contributed by atoms with van der Waals surface area (Å²) in [6, 6.07) is 15.7. The van der Waals surface area contributed by atoms with Gasteiger partial charge in [-0.15, -0.1) is 0 Å². The normalized spacial score (nSPS) is 32.6. The van der Waals surface area contributed by atoms with E-state index >= 15 is 4.79 Å². The Hall–Kier alpha value is -3.11. The molecular formula is C58H85N3O11P+. The van der Waals surface area contributed by atoms with Crippen LogP contribution in [0.4, 0.5) is 0 Å². The predicted molar refractivity (Wildman–Crippen MR) is 279 cm³/mol. The van der Waals surface area contributed by atoms with E-state index in [1.165, 1.54) is 12.0 Å². The number of aliphatic hydroxyl groups excluding tert-OH is 2. The third-order valence-corrected chi connectivity index (χ3v) is 19.2. The summed E-state index contributed by atoms with van der Waals surface area (Å²) in [7, 11) is -2.79. The van der Waals surface area contributed by atoms with Crippen molar-refractivity contribution in [1.82, 2.24) is 10.2 Å². The molecule has 5 N–H and O–H groups in total. The molecule has 2 aromatic rings. The number of nitrogens with zero attached hydrogens (tertiary/aromatic N) is 2. The summed E-state index contributed by atoms with van der Waals surface area (Å²) >= 11 is 0. The number of ether oxygens (including phenoxy) is 3. The van der Waals surface area contributed by atoms with Gasteiger partial charge in [0.25, 0.3) is 0 Å². The Balaban J connectivity index is 0.779. The van der Waals surface area contributed by atoms with E-state index in [4.69, 9.17) is 18.7 Å². The van der Waals surface area contributed by atoms with Crippen molar-refractivity contribution in [1.29, 1.82) is 0 Å². The number of aliphatic hydroxyl groups is 2. The number of unbranched alkanes of at least 4 members (excludes halogenated alkanes) is 4. The molecule has 402 valence electrons. The van der Waals surface area contributed by atoms with Crippen LogP contribution in [0.15, 0.2) is 72.3 Å². The number of benzene rings is 2. The number of ketones is 2. The molecular weight excluding hydrogens is 946 g/mol. The Morgan fingerprint density at radius 3 is 2.47 bits per heavy atom. The zero-order valence-electron chi connectivity index (χ0n) is 43.8. The van der Waals surface area contributed by atoms with E-state index in [9.17, 15) is 29.4 Å². The lowest BCUT2D eigenvalue weighted by molar-refractivity contribution is -0.926. The van der Waals surface area contributed by atoms with Crippen molar-refractivity contribution in [2.45, 2.75) is 153 Å². The number of rotatable bonds is 23. The first-order valence-corrected chi connectivity index (χ1v) is 29.5. The Bertz CT molecular complexity index is 2330. The Morgan fingerprint density at radius 2 is 1.71 bits per heavy atom. The molecule has 0 spiro atoms. The molecule has 0 radical (unpaired) electrons. The van der Waals surface area contributed by atoms with Gasteiger partial charge in [0.2, 0.25) is 0 Å². The van der Waals surface area contributed by atoms with Crippen LogP contribution in [0, 0.1) is 34.5 Å². The van der Waals surface area contributed by atoms with E-state index in [2.05, 4.69) is 55.4 Å². The van der Waals surface area contributed by atoms with Gasteiger partial charge in [-0.2, -0.15) is 0 Å².